The van der Waals surface area contributed by atoms with E-state index in [1.54, 1.807) is 6.07 Å². The minimum Gasteiger partial charge on any atom is -0.366 e. The molecule has 2 N–H and O–H groups in total. The first-order valence-corrected chi connectivity index (χ1v) is 7.02. The van der Waals surface area contributed by atoms with E-state index < -0.39 is 5.91 Å². The zero-order valence-corrected chi connectivity index (χ0v) is 11.9. The minimum atomic E-state index is -0.400. The minimum absolute atomic E-state index is 0.400. The summed E-state index contributed by atoms with van der Waals surface area (Å²) in [5.74, 6) is 0.642. The molecule has 0 aliphatic rings. The number of imidazole rings is 1. The molecule has 0 spiro atoms. The summed E-state index contributed by atoms with van der Waals surface area (Å²) in [5.41, 5.74) is 9.04. The molecule has 0 saturated carbocycles. The van der Waals surface area contributed by atoms with Crippen LogP contribution in [0.2, 0.25) is 0 Å². The molecule has 0 aliphatic carbocycles. The van der Waals surface area contributed by atoms with Crippen LogP contribution in [-0.4, -0.2) is 15.5 Å². The molecule has 1 aromatic heterocycles. The smallest absolute Gasteiger partial charge is 0.248 e. The van der Waals surface area contributed by atoms with Crippen molar-refractivity contribution < 1.29 is 4.79 Å². The van der Waals surface area contributed by atoms with Gasteiger partial charge in [0.2, 0.25) is 5.91 Å². The van der Waals surface area contributed by atoms with Gasteiger partial charge in [0.1, 0.15) is 5.82 Å². The molecule has 0 bridgehead atoms. The first kappa shape index (κ1) is 13.4. The fourth-order valence-electron chi connectivity index (χ4n) is 2.58. The Kier molecular flexibility index (Phi) is 3.44. The number of amides is 1. The maximum atomic E-state index is 11.3. The molecule has 1 heterocycles. The molecular formula is C17H17N3O. The van der Waals surface area contributed by atoms with Crippen molar-refractivity contribution >= 4 is 16.9 Å². The van der Waals surface area contributed by atoms with Crippen LogP contribution in [0.3, 0.4) is 0 Å². The molecule has 2 aromatic carbocycles. The molecule has 0 aliphatic heterocycles. The highest BCUT2D eigenvalue weighted by molar-refractivity contribution is 5.92. The third-order valence-corrected chi connectivity index (χ3v) is 3.60. The van der Waals surface area contributed by atoms with Crippen molar-refractivity contribution in [1.82, 2.24) is 9.55 Å². The summed E-state index contributed by atoms with van der Waals surface area (Å²) in [5, 5.41) is 0. The number of nitrogens with zero attached hydrogens (tertiary/aromatic N) is 2. The van der Waals surface area contributed by atoms with Gasteiger partial charge in [0.15, 0.2) is 0 Å². The van der Waals surface area contributed by atoms with Gasteiger partial charge < -0.3 is 10.3 Å². The number of para-hydroxylation sites is 2. The van der Waals surface area contributed by atoms with Crippen molar-refractivity contribution in [3.63, 3.8) is 0 Å². The largest absolute Gasteiger partial charge is 0.366 e. The van der Waals surface area contributed by atoms with Crippen molar-refractivity contribution in [1.29, 1.82) is 0 Å². The predicted octanol–water partition coefficient (Wildman–Crippen LogP) is 2.75. The SMILES string of the molecule is CCc1nc2ccccc2n1Cc1cccc(C(N)=O)c1. The van der Waals surface area contributed by atoms with Crippen molar-refractivity contribution in [2.24, 2.45) is 5.73 Å². The molecule has 0 atom stereocenters. The molecule has 0 fully saturated rings. The van der Waals surface area contributed by atoms with Gasteiger partial charge in [0.25, 0.3) is 0 Å². The Morgan fingerprint density at radius 3 is 2.76 bits per heavy atom. The van der Waals surface area contributed by atoms with Crippen LogP contribution in [0.1, 0.15) is 28.7 Å². The third-order valence-electron chi connectivity index (χ3n) is 3.60. The van der Waals surface area contributed by atoms with Gasteiger partial charge in [-0.1, -0.05) is 31.2 Å². The summed E-state index contributed by atoms with van der Waals surface area (Å²) >= 11 is 0. The Bertz CT molecular complexity index is 805. The number of carbonyl (C=O) groups is 1. The van der Waals surface area contributed by atoms with E-state index in [2.05, 4.69) is 22.5 Å². The van der Waals surface area contributed by atoms with Crippen molar-refractivity contribution in [3.8, 4) is 0 Å². The fraction of sp³-hybridized carbons (Fsp3) is 0.176. The van der Waals surface area contributed by atoms with E-state index in [0.29, 0.717) is 12.1 Å². The van der Waals surface area contributed by atoms with E-state index >= 15 is 0 Å². The molecule has 3 rings (SSSR count). The van der Waals surface area contributed by atoms with Gasteiger partial charge in [-0.3, -0.25) is 4.79 Å². The summed E-state index contributed by atoms with van der Waals surface area (Å²) in [6.07, 6.45) is 0.865. The van der Waals surface area contributed by atoms with Crippen LogP contribution >= 0.6 is 0 Å². The van der Waals surface area contributed by atoms with Gasteiger partial charge >= 0.3 is 0 Å². The zero-order chi connectivity index (χ0) is 14.8. The summed E-state index contributed by atoms with van der Waals surface area (Å²) in [6.45, 7) is 2.78. The summed E-state index contributed by atoms with van der Waals surface area (Å²) in [6, 6.07) is 15.5. The Hall–Kier alpha value is -2.62. The molecule has 4 heteroatoms. The second-order valence-corrected chi connectivity index (χ2v) is 5.02. The molecule has 3 aromatic rings. The average Bonchev–Trinajstić information content (AvgIpc) is 2.86. The lowest BCUT2D eigenvalue weighted by atomic mass is 10.1. The second kappa shape index (κ2) is 5.40. The maximum Gasteiger partial charge on any atom is 0.248 e. The van der Waals surface area contributed by atoms with Crippen LogP contribution in [-0.2, 0) is 13.0 Å². The highest BCUT2D eigenvalue weighted by atomic mass is 16.1. The standard InChI is InChI=1S/C17H17N3O/c1-2-16-19-14-8-3-4-9-15(14)20(16)11-12-6-5-7-13(10-12)17(18)21/h3-10H,2,11H2,1H3,(H2,18,21). The molecular weight excluding hydrogens is 262 g/mol. The third kappa shape index (κ3) is 2.52. The fourth-order valence-corrected chi connectivity index (χ4v) is 2.58. The Morgan fingerprint density at radius 1 is 1.19 bits per heavy atom. The van der Waals surface area contributed by atoms with Crippen LogP contribution in [0, 0.1) is 0 Å². The number of primary amides is 1. The molecule has 4 nitrogen and oxygen atoms in total. The lowest BCUT2D eigenvalue weighted by Crippen LogP contribution is -2.12. The number of rotatable bonds is 4. The first-order valence-electron chi connectivity index (χ1n) is 7.02. The van der Waals surface area contributed by atoms with Gasteiger partial charge in [-0.25, -0.2) is 4.98 Å². The Balaban J connectivity index is 2.05. The van der Waals surface area contributed by atoms with Gasteiger partial charge in [-0.2, -0.15) is 0 Å². The van der Waals surface area contributed by atoms with Gasteiger partial charge in [0, 0.05) is 18.5 Å². The number of aryl methyl sites for hydroxylation is 1. The number of nitrogens with two attached hydrogens (primary N) is 1. The second-order valence-electron chi connectivity index (χ2n) is 5.02. The molecule has 21 heavy (non-hydrogen) atoms. The number of aromatic nitrogens is 2. The normalized spacial score (nSPS) is 10.9. The highest BCUT2D eigenvalue weighted by Gasteiger charge is 2.10. The van der Waals surface area contributed by atoms with E-state index in [-0.39, 0.29) is 0 Å². The van der Waals surface area contributed by atoms with Crippen molar-refractivity contribution in [2.45, 2.75) is 19.9 Å². The predicted molar refractivity (Wildman–Crippen MR) is 83.2 cm³/mol. The highest BCUT2D eigenvalue weighted by Crippen LogP contribution is 2.18. The van der Waals surface area contributed by atoms with E-state index in [1.165, 1.54) is 0 Å². The van der Waals surface area contributed by atoms with Crippen LogP contribution in [0.4, 0.5) is 0 Å². The van der Waals surface area contributed by atoms with Gasteiger partial charge in [-0.05, 0) is 29.8 Å². The molecule has 0 unspecified atom stereocenters. The number of hydrogen-bond donors (Lipinski definition) is 1. The van der Waals surface area contributed by atoms with Crippen LogP contribution in [0.5, 0.6) is 0 Å². The van der Waals surface area contributed by atoms with E-state index in [4.69, 9.17) is 5.73 Å². The van der Waals surface area contributed by atoms with E-state index in [1.807, 2.05) is 36.4 Å². The van der Waals surface area contributed by atoms with Gasteiger partial charge in [-0.15, -0.1) is 0 Å². The first-order chi connectivity index (χ1) is 10.2. The topological polar surface area (TPSA) is 60.9 Å². The molecule has 0 saturated heterocycles. The van der Waals surface area contributed by atoms with E-state index in [0.717, 1.165) is 28.8 Å². The molecule has 0 radical (unpaired) electrons. The Labute approximate surface area is 123 Å². The number of benzene rings is 2. The zero-order valence-electron chi connectivity index (χ0n) is 11.9. The monoisotopic (exact) mass is 279 g/mol. The van der Waals surface area contributed by atoms with Crippen LogP contribution in [0.15, 0.2) is 48.5 Å². The van der Waals surface area contributed by atoms with Crippen molar-refractivity contribution in [2.75, 3.05) is 0 Å². The van der Waals surface area contributed by atoms with Crippen LogP contribution in [0.25, 0.3) is 11.0 Å². The summed E-state index contributed by atoms with van der Waals surface area (Å²) < 4.78 is 2.19. The van der Waals surface area contributed by atoms with Crippen molar-refractivity contribution in [3.05, 3.63) is 65.5 Å². The number of hydrogen-bond acceptors (Lipinski definition) is 2. The summed E-state index contributed by atoms with van der Waals surface area (Å²) in [4.78, 5) is 16.0. The number of fused-ring (bicyclic) bond motifs is 1. The van der Waals surface area contributed by atoms with Crippen LogP contribution < -0.4 is 5.73 Å². The summed E-state index contributed by atoms with van der Waals surface area (Å²) in [7, 11) is 0. The lowest BCUT2D eigenvalue weighted by molar-refractivity contribution is 0.1000. The molecule has 1 amide bonds. The Morgan fingerprint density at radius 2 is 2.00 bits per heavy atom. The van der Waals surface area contributed by atoms with Gasteiger partial charge in [0.05, 0.1) is 11.0 Å². The van der Waals surface area contributed by atoms with E-state index in [9.17, 15) is 4.79 Å². The lowest BCUT2D eigenvalue weighted by Gasteiger charge is -2.09. The maximum absolute atomic E-state index is 11.3. The molecule has 106 valence electrons. The average molecular weight is 279 g/mol. The number of carbonyl (C=O) groups excluding carboxylic acids is 1. The quantitative estimate of drug-likeness (QED) is 0.798.